The minimum absolute atomic E-state index is 0.957. The number of aromatic nitrogens is 17. The summed E-state index contributed by atoms with van der Waals surface area (Å²) in [5.74, 6) is 0. The highest BCUT2D eigenvalue weighted by Gasteiger charge is 2.03. The first-order valence-corrected chi connectivity index (χ1v) is 43.4. The van der Waals surface area contributed by atoms with E-state index in [9.17, 15) is 0 Å². The molecule has 644 valence electrons. The molecule has 0 spiro atoms. The molecule has 0 aliphatic carbocycles. The topological polar surface area (TPSA) is 219 Å². The standard InChI is InChI=1S/C14H11N.8C9H8N2.10C2H6/c1-10-6-7-13-12-5-3-2-4-11(12)9-15-14(13)8-10;1-7-2-3-8-5-10-11-6-9(8)4-7;1-7-2-3-9-8(6-7)4-5-10-11-9;1-7-2-3-8-4-5-10-11-9(8)6-7;1-7-3-2-4-9-8(7)5-6-10-11-9;1-7-3-2-4-8-5-6-10-11-9(7)8;1-7-9-5-3-2-4-8(9)6-10-11-7;1-7-6-10-11-9-5-3-2-4-8(7)9;1-7-6-8-4-2-3-5-9(8)11-10-7;10*1-2/h2-9H,1H3;8*2-6H,1H3;10*1-2H3. The normalized spacial score (nSPS) is 9.18. The highest BCUT2D eigenvalue weighted by Crippen LogP contribution is 2.25. The Morgan fingerprint density at radius 1 is 0.179 bits per heavy atom. The van der Waals surface area contributed by atoms with Crippen molar-refractivity contribution in [2.75, 3.05) is 0 Å². The Bertz CT molecular complexity index is 5360. The van der Waals surface area contributed by atoms with Crippen LogP contribution in [0.15, 0.2) is 292 Å². The second-order valence-corrected chi connectivity index (χ2v) is 24.4. The van der Waals surface area contributed by atoms with Crippen LogP contribution in [-0.2, 0) is 0 Å². The predicted molar refractivity (Wildman–Crippen MR) is 532 cm³/mol. The molecule has 0 N–H and O–H groups in total. The van der Waals surface area contributed by atoms with Gasteiger partial charge in [0.1, 0.15) is 0 Å². The lowest BCUT2D eigenvalue weighted by Gasteiger charge is -2.03. The summed E-state index contributed by atoms with van der Waals surface area (Å²) >= 11 is 0. The molecule has 9 aromatic heterocycles. The van der Waals surface area contributed by atoms with Gasteiger partial charge < -0.3 is 0 Å². The Kier molecular flexibility index (Phi) is 57.2. The predicted octanol–water partition coefficient (Wildman–Crippen LogP) is 29.5. The van der Waals surface area contributed by atoms with Crippen LogP contribution in [0.25, 0.3) is 109 Å². The third-order valence-corrected chi connectivity index (χ3v) is 16.4. The van der Waals surface area contributed by atoms with Crippen LogP contribution in [0.4, 0.5) is 0 Å². The van der Waals surface area contributed by atoms with E-state index in [4.69, 9.17) is 0 Å². The lowest BCUT2D eigenvalue weighted by atomic mass is 10.1. The van der Waals surface area contributed by atoms with Crippen molar-refractivity contribution in [3.8, 4) is 0 Å². The van der Waals surface area contributed by atoms with Crippen molar-refractivity contribution in [1.82, 2.24) is 86.6 Å². The van der Waals surface area contributed by atoms with E-state index in [1.54, 1.807) is 49.6 Å². The summed E-state index contributed by atoms with van der Waals surface area (Å²) in [7, 11) is 0. The van der Waals surface area contributed by atoms with Crippen molar-refractivity contribution < 1.29 is 0 Å². The van der Waals surface area contributed by atoms with E-state index < -0.39 is 0 Å². The minimum atomic E-state index is 0.957. The van der Waals surface area contributed by atoms with Crippen molar-refractivity contribution in [1.29, 1.82) is 0 Å². The maximum Gasteiger partial charge on any atom is 0.0958 e. The summed E-state index contributed by atoms with van der Waals surface area (Å²) in [6, 6.07) is 79.4. The number of pyridine rings is 1. The Morgan fingerprint density at radius 3 is 1.20 bits per heavy atom. The number of aryl methyl sites for hydroxylation is 9. The molecule has 0 fully saturated rings. The third-order valence-electron chi connectivity index (χ3n) is 16.4. The molecular formula is C106H135N17. The van der Waals surface area contributed by atoms with Gasteiger partial charge in [0, 0.05) is 70.8 Å². The highest BCUT2D eigenvalue weighted by atomic mass is 15.1. The molecule has 0 radical (unpaired) electrons. The van der Waals surface area contributed by atoms with Crippen LogP contribution in [-0.4, -0.2) is 86.6 Å². The fourth-order valence-corrected chi connectivity index (χ4v) is 11.0. The van der Waals surface area contributed by atoms with E-state index >= 15 is 0 Å². The zero-order valence-electron chi connectivity index (χ0n) is 78.8. The zero-order valence-corrected chi connectivity index (χ0v) is 78.8. The fraction of sp³-hybridized carbons (Fsp3) is 0.274. The Morgan fingerprint density at radius 2 is 0.577 bits per heavy atom. The number of hydrogen-bond acceptors (Lipinski definition) is 17. The van der Waals surface area contributed by atoms with Crippen LogP contribution < -0.4 is 0 Å². The second-order valence-electron chi connectivity index (χ2n) is 24.4. The van der Waals surface area contributed by atoms with Crippen molar-refractivity contribution >= 4 is 109 Å². The van der Waals surface area contributed by atoms with Crippen LogP contribution in [0.5, 0.6) is 0 Å². The quantitative estimate of drug-likeness (QED) is 0.129. The molecule has 0 aliphatic heterocycles. The lowest BCUT2D eigenvalue weighted by Crippen LogP contribution is -1.86. The second kappa shape index (κ2) is 65.4. The molecule has 0 saturated heterocycles. The zero-order chi connectivity index (χ0) is 91.7. The molecule has 17 nitrogen and oxygen atoms in total. The van der Waals surface area contributed by atoms with Gasteiger partial charge in [-0.25, -0.2) is 0 Å². The largest absolute Gasteiger partial charge is 0.256 e. The van der Waals surface area contributed by atoms with Gasteiger partial charge in [0.2, 0.25) is 0 Å². The molecule has 9 heterocycles. The summed E-state index contributed by atoms with van der Waals surface area (Å²) in [5.41, 5.74) is 17.4. The smallest absolute Gasteiger partial charge is 0.0958 e. The highest BCUT2D eigenvalue weighted by molar-refractivity contribution is 6.05. The number of hydrogen-bond donors (Lipinski definition) is 0. The Balaban J connectivity index is 0.000000675. The fourth-order valence-electron chi connectivity index (χ4n) is 11.0. The van der Waals surface area contributed by atoms with Gasteiger partial charge >= 0.3 is 0 Å². The van der Waals surface area contributed by atoms with Gasteiger partial charge in [-0.2, -0.15) is 81.6 Å². The average Bonchev–Trinajstić information content (AvgIpc) is 0.787. The average molecular weight is 1650 g/mol. The summed E-state index contributed by atoms with van der Waals surface area (Å²) < 4.78 is 0. The van der Waals surface area contributed by atoms with Crippen LogP contribution in [0.3, 0.4) is 0 Å². The van der Waals surface area contributed by atoms with Gasteiger partial charge in [-0.15, -0.1) is 0 Å². The molecule has 0 atom stereocenters. The van der Waals surface area contributed by atoms with E-state index in [1.807, 2.05) is 325 Å². The first-order valence-electron chi connectivity index (χ1n) is 43.4. The minimum Gasteiger partial charge on any atom is -0.256 e. The van der Waals surface area contributed by atoms with Crippen molar-refractivity contribution in [2.24, 2.45) is 0 Å². The Labute approximate surface area is 734 Å². The van der Waals surface area contributed by atoms with Crippen LogP contribution >= 0.6 is 0 Å². The third kappa shape index (κ3) is 36.6. The number of rotatable bonds is 0. The van der Waals surface area contributed by atoms with E-state index in [0.717, 1.165) is 87.7 Å². The van der Waals surface area contributed by atoms with Crippen molar-refractivity contribution in [3.05, 3.63) is 343 Å². The Hall–Kier alpha value is -13.4. The van der Waals surface area contributed by atoms with Crippen LogP contribution in [0.1, 0.15) is 189 Å². The maximum absolute atomic E-state index is 4.47. The van der Waals surface area contributed by atoms with Gasteiger partial charge in [0.25, 0.3) is 0 Å². The number of fused-ring (bicyclic) bond motifs is 11. The first kappa shape index (κ1) is 108. The van der Waals surface area contributed by atoms with E-state index in [-0.39, 0.29) is 0 Å². The lowest BCUT2D eigenvalue weighted by molar-refractivity contribution is 1.00. The van der Waals surface area contributed by atoms with Crippen LogP contribution in [0.2, 0.25) is 0 Å². The molecule has 0 amide bonds. The molecule has 10 aromatic carbocycles. The van der Waals surface area contributed by atoms with Crippen molar-refractivity contribution in [3.63, 3.8) is 0 Å². The summed E-state index contributed by atoms with van der Waals surface area (Å²) in [4.78, 5) is 4.47. The summed E-state index contributed by atoms with van der Waals surface area (Å²) in [6.07, 6.45) is 15.9. The van der Waals surface area contributed by atoms with Gasteiger partial charge in [0.05, 0.1) is 99.6 Å². The molecule has 19 rings (SSSR count). The van der Waals surface area contributed by atoms with Gasteiger partial charge in [-0.1, -0.05) is 307 Å². The molecular weight excluding hydrogens is 1510 g/mol. The van der Waals surface area contributed by atoms with Crippen molar-refractivity contribution in [2.45, 2.75) is 201 Å². The molecule has 0 saturated carbocycles. The monoisotopic (exact) mass is 1650 g/mol. The van der Waals surface area contributed by atoms with Gasteiger partial charge in [0.15, 0.2) is 0 Å². The summed E-state index contributed by atoms with van der Waals surface area (Å²) in [5, 5.41) is 77.8. The van der Waals surface area contributed by atoms with Gasteiger partial charge in [-0.05, 0) is 174 Å². The van der Waals surface area contributed by atoms with Gasteiger partial charge in [-0.3, -0.25) is 4.98 Å². The van der Waals surface area contributed by atoms with E-state index in [0.29, 0.717) is 0 Å². The van der Waals surface area contributed by atoms with E-state index in [1.165, 1.54) is 71.3 Å². The van der Waals surface area contributed by atoms with Crippen LogP contribution in [0, 0.1) is 62.3 Å². The molecule has 17 heteroatoms. The molecule has 123 heavy (non-hydrogen) atoms. The number of nitrogens with zero attached hydrogens (tertiary/aromatic N) is 17. The molecule has 0 aliphatic rings. The van der Waals surface area contributed by atoms with E-state index in [2.05, 4.69) is 205 Å². The molecule has 0 bridgehead atoms. The molecule has 0 unspecified atom stereocenters. The maximum atomic E-state index is 4.47. The first-order chi connectivity index (χ1) is 60.3. The molecule has 19 aromatic rings. The number of benzene rings is 10. The SMILES string of the molecule is CC.CC.CC.CC.CC.CC.CC.CC.CC.CC.Cc1cc2ccccc2nn1.Cc1ccc2c(c1)ncc1ccccc12.Cc1ccc2ccnnc2c1.Cc1ccc2cnncc2c1.Cc1ccc2nnccc2c1.Cc1cccc2ccnnc12.Cc1cccc2nnccc12.Cc1cnnc2ccccc12.Cc1nncc2ccccc12. The summed E-state index contributed by atoms with van der Waals surface area (Å²) in [6.45, 7) is 58.3.